The van der Waals surface area contributed by atoms with Crippen molar-refractivity contribution in [3.8, 4) is 0 Å². The number of rotatable bonds is 8. The topological polar surface area (TPSA) is 104 Å². The second-order valence-electron chi connectivity index (χ2n) is 6.71. The van der Waals surface area contributed by atoms with E-state index < -0.39 is 0 Å². The third-order valence-electron chi connectivity index (χ3n) is 4.56. The van der Waals surface area contributed by atoms with Gasteiger partial charge in [0, 0.05) is 12.8 Å². The van der Waals surface area contributed by atoms with Crippen molar-refractivity contribution in [2.45, 2.75) is 51.9 Å². The number of hydrogen-bond acceptors (Lipinski definition) is 8. The molecule has 3 rings (SSSR count). The first-order valence-electron chi connectivity index (χ1n) is 8.24. The van der Waals surface area contributed by atoms with Gasteiger partial charge >= 0.3 is 0 Å². The highest BCUT2D eigenvalue weighted by atomic mass is 32.1. The van der Waals surface area contributed by atoms with Gasteiger partial charge in [-0.1, -0.05) is 36.0 Å². The molecule has 1 aliphatic rings. The molecule has 0 saturated heterocycles. The monoisotopic (exact) mass is 352 g/mol. The molecular formula is C15H24N6S2. The minimum absolute atomic E-state index is 0.577. The van der Waals surface area contributed by atoms with E-state index in [-0.39, 0.29) is 0 Å². The Morgan fingerprint density at radius 1 is 1.00 bits per heavy atom. The van der Waals surface area contributed by atoms with Crippen molar-refractivity contribution in [3.63, 3.8) is 0 Å². The van der Waals surface area contributed by atoms with E-state index in [2.05, 4.69) is 27.3 Å². The van der Waals surface area contributed by atoms with Gasteiger partial charge in [0.2, 0.25) is 10.3 Å². The van der Waals surface area contributed by atoms with Crippen LogP contribution >= 0.6 is 22.7 Å². The van der Waals surface area contributed by atoms with E-state index in [1.165, 1.54) is 54.8 Å². The zero-order valence-corrected chi connectivity index (χ0v) is 15.1. The maximum atomic E-state index is 5.63. The summed E-state index contributed by atoms with van der Waals surface area (Å²) >= 11 is 3.03. The van der Waals surface area contributed by atoms with Gasteiger partial charge in [-0.15, -0.1) is 20.4 Å². The Hall–Kier alpha value is -1.28. The SMILES string of the molecule is CC(Cc1nnc(N)s1)CC1CC(CCCc2nnc(N)s2)C1. The van der Waals surface area contributed by atoms with Crippen LogP contribution in [0.2, 0.25) is 0 Å². The van der Waals surface area contributed by atoms with E-state index in [1.807, 2.05) is 0 Å². The van der Waals surface area contributed by atoms with E-state index in [0.717, 1.165) is 34.7 Å². The third kappa shape index (κ3) is 4.84. The summed E-state index contributed by atoms with van der Waals surface area (Å²) in [4.78, 5) is 0. The van der Waals surface area contributed by atoms with Crippen LogP contribution in [0, 0.1) is 17.8 Å². The molecule has 0 aromatic carbocycles. The Morgan fingerprint density at radius 3 is 2.26 bits per heavy atom. The van der Waals surface area contributed by atoms with Gasteiger partial charge < -0.3 is 11.5 Å². The molecule has 23 heavy (non-hydrogen) atoms. The number of aryl methyl sites for hydroxylation is 1. The second-order valence-corrected chi connectivity index (χ2v) is 8.90. The van der Waals surface area contributed by atoms with Crippen LogP contribution in [0.4, 0.5) is 10.3 Å². The molecule has 0 aliphatic heterocycles. The van der Waals surface area contributed by atoms with Crippen LogP contribution in [0.1, 0.15) is 49.0 Å². The number of nitrogens with zero attached hydrogens (tertiary/aromatic N) is 4. The zero-order chi connectivity index (χ0) is 16.2. The van der Waals surface area contributed by atoms with Crippen LogP contribution < -0.4 is 11.5 Å². The molecule has 126 valence electrons. The summed E-state index contributed by atoms with van der Waals surface area (Å²) in [5.74, 6) is 2.45. The molecular weight excluding hydrogens is 328 g/mol. The van der Waals surface area contributed by atoms with Gasteiger partial charge in [-0.05, 0) is 43.4 Å². The number of aromatic nitrogens is 4. The van der Waals surface area contributed by atoms with Gasteiger partial charge in [-0.25, -0.2) is 0 Å². The highest BCUT2D eigenvalue weighted by Gasteiger charge is 2.29. The molecule has 8 heteroatoms. The molecule has 2 aromatic heterocycles. The largest absolute Gasteiger partial charge is 0.374 e. The molecule has 0 spiro atoms. The quantitative estimate of drug-likeness (QED) is 0.756. The lowest BCUT2D eigenvalue weighted by Gasteiger charge is -2.37. The molecule has 1 unspecified atom stereocenters. The summed E-state index contributed by atoms with van der Waals surface area (Å²) in [6, 6.07) is 0. The highest BCUT2D eigenvalue weighted by Crippen LogP contribution is 2.41. The van der Waals surface area contributed by atoms with Crippen LogP contribution in [0.15, 0.2) is 0 Å². The first kappa shape index (κ1) is 16.6. The fraction of sp³-hybridized carbons (Fsp3) is 0.733. The minimum Gasteiger partial charge on any atom is -0.374 e. The second kappa shape index (κ2) is 7.53. The Morgan fingerprint density at radius 2 is 1.65 bits per heavy atom. The molecule has 1 atom stereocenters. The van der Waals surface area contributed by atoms with Gasteiger partial charge in [-0.3, -0.25) is 0 Å². The molecule has 4 N–H and O–H groups in total. The van der Waals surface area contributed by atoms with Gasteiger partial charge in [0.05, 0.1) is 0 Å². The molecule has 2 aromatic rings. The van der Waals surface area contributed by atoms with Gasteiger partial charge in [0.15, 0.2) is 0 Å². The number of nitrogen functional groups attached to an aromatic ring is 2. The fourth-order valence-electron chi connectivity index (χ4n) is 3.51. The predicted molar refractivity (Wildman–Crippen MR) is 95.3 cm³/mol. The summed E-state index contributed by atoms with van der Waals surface area (Å²) in [6.07, 6.45) is 8.58. The van der Waals surface area contributed by atoms with E-state index in [0.29, 0.717) is 16.2 Å². The maximum Gasteiger partial charge on any atom is 0.203 e. The summed E-state index contributed by atoms with van der Waals surface area (Å²) in [6.45, 7) is 2.31. The highest BCUT2D eigenvalue weighted by molar-refractivity contribution is 7.15. The predicted octanol–water partition coefficient (Wildman–Crippen LogP) is 3.17. The van der Waals surface area contributed by atoms with E-state index >= 15 is 0 Å². The Balaban J connectivity index is 1.28. The zero-order valence-electron chi connectivity index (χ0n) is 13.4. The normalized spacial score (nSPS) is 22.0. The summed E-state index contributed by atoms with van der Waals surface area (Å²) in [7, 11) is 0. The Labute approximate surface area is 144 Å². The lowest BCUT2D eigenvalue weighted by Crippen LogP contribution is -2.25. The molecule has 1 fully saturated rings. The third-order valence-corrected chi connectivity index (χ3v) is 6.15. The van der Waals surface area contributed by atoms with Crippen LogP contribution in [-0.2, 0) is 12.8 Å². The standard InChI is InChI=1S/C15H24N6S2/c1-9(6-13-19-21-15(17)23-13)5-11-7-10(8-11)3-2-4-12-18-20-14(16)22-12/h9-11H,2-8H2,1H3,(H2,16,20)(H2,17,21). The van der Waals surface area contributed by atoms with Crippen LogP contribution in [0.25, 0.3) is 0 Å². The Kier molecular flexibility index (Phi) is 5.42. The van der Waals surface area contributed by atoms with Crippen molar-refractivity contribution in [1.82, 2.24) is 20.4 Å². The Bertz CT molecular complexity index is 619. The first-order chi connectivity index (χ1) is 11.1. The number of anilines is 2. The molecule has 0 amide bonds. The van der Waals surface area contributed by atoms with Crippen LogP contribution in [0.5, 0.6) is 0 Å². The average molecular weight is 353 g/mol. The van der Waals surface area contributed by atoms with Crippen LogP contribution in [-0.4, -0.2) is 20.4 Å². The van der Waals surface area contributed by atoms with Crippen molar-refractivity contribution in [2.75, 3.05) is 11.5 Å². The minimum atomic E-state index is 0.577. The summed E-state index contributed by atoms with van der Waals surface area (Å²) < 4.78 is 0. The van der Waals surface area contributed by atoms with E-state index in [9.17, 15) is 0 Å². The molecule has 0 radical (unpaired) electrons. The van der Waals surface area contributed by atoms with Gasteiger partial charge in [0.1, 0.15) is 10.0 Å². The van der Waals surface area contributed by atoms with Crippen molar-refractivity contribution in [3.05, 3.63) is 10.0 Å². The molecule has 1 aliphatic carbocycles. The lowest BCUT2D eigenvalue weighted by atomic mass is 9.69. The van der Waals surface area contributed by atoms with Crippen molar-refractivity contribution in [2.24, 2.45) is 17.8 Å². The maximum absolute atomic E-state index is 5.63. The summed E-state index contributed by atoms with van der Waals surface area (Å²) in [5.41, 5.74) is 11.2. The van der Waals surface area contributed by atoms with Crippen molar-refractivity contribution >= 4 is 32.9 Å². The van der Waals surface area contributed by atoms with Gasteiger partial charge in [0.25, 0.3) is 0 Å². The molecule has 0 bridgehead atoms. The molecule has 1 saturated carbocycles. The van der Waals surface area contributed by atoms with Crippen molar-refractivity contribution < 1.29 is 0 Å². The smallest absolute Gasteiger partial charge is 0.203 e. The molecule has 2 heterocycles. The van der Waals surface area contributed by atoms with E-state index in [1.54, 1.807) is 0 Å². The summed E-state index contributed by atoms with van der Waals surface area (Å²) in [5, 5.41) is 19.2. The number of nitrogens with two attached hydrogens (primary N) is 2. The molecule has 6 nitrogen and oxygen atoms in total. The lowest BCUT2D eigenvalue weighted by molar-refractivity contribution is 0.150. The van der Waals surface area contributed by atoms with Crippen LogP contribution in [0.3, 0.4) is 0 Å². The number of hydrogen-bond donors (Lipinski definition) is 2. The average Bonchev–Trinajstić information content (AvgIpc) is 3.04. The van der Waals surface area contributed by atoms with Crippen molar-refractivity contribution in [1.29, 1.82) is 0 Å². The first-order valence-corrected chi connectivity index (χ1v) is 9.87. The fourth-order valence-corrected chi connectivity index (χ4v) is 4.93. The van der Waals surface area contributed by atoms with Gasteiger partial charge in [-0.2, -0.15) is 0 Å². The van der Waals surface area contributed by atoms with E-state index in [4.69, 9.17) is 11.5 Å².